The monoisotopic (exact) mass is 815 g/mol. The molecule has 0 bridgehead atoms. The van der Waals surface area contributed by atoms with E-state index in [2.05, 4.69) is 235 Å². The Morgan fingerprint density at radius 3 is 1.74 bits per heavy atom. The highest BCUT2D eigenvalue weighted by Crippen LogP contribution is 2.55. The van der Waals surface area contributed by atoms with Crippen LogP contribution in [0.3, 0.4) is 0 Å². The van der Waals surface area contributed by atoms with E-state index in [1.54, 1.807) is 0 Å². The standard InChI is InChI=1S/C57H41N3OS/c1-57(2)47-20-10-9-19-45(47)46-32-30-43(36-48(46)57)58(44-31-34-50-54(37-44)61-53-23-13-11-21-49(53)59(50)40-15-5-3-6-16-40)42-28-25-38(26-29-42)39-27-33-52-56(35-39)62-55-24-14-12-22-51(55)60(52)41-17-7-4-8-18-41/h3-37H,1-2H3. The minimum Gasteiger partial charge on any atom is -0.453 e. The Labute approximate surface area is 366 Å². The molecule has 0 amide bonds. The van der Waals surface area contributed by atoms with Gasteiger partial charge in [0.1, 0.15) is 0 Å². The molecule has 62 heavy (non-hydrogen) atoms. The smallest absolute Gasteiger partial charge is 0.153 e. The summed E-state index contributed by atoms with van der Waals surface area (Å²) >= 11 is 1.84. The van der Waals surface area contributed by atoms with Crippen LogP contribution in [0.25, 0.3) is 22.3 Å². The van der Waals surface area contributed by atoms with Crippen molar-refractivity contribution in [3.05, 3.63) is 223 Å². The largest absolute Gasteiger partial charge is 0.453 e. The molecule has 0 unspecified atom stereocenters. The van der Waals surface area contributed by atoms with Crippen molar-refractivity contribution in [3.63, 3.8) is 0 Å². The summed E-state index contributed by atoms with van der Waals surface area (Å²) in [5.41, 5.74) is 17.3. The van der Waals surface area contributed by atoms with Crippen molar-refractivity contribution in [2.75, 3.05) is 14.7 Å². The second kappa shape index (κ2) is 14.3. The van der Waals surface area contributed by atoms with Gasteiger partial charge in [-0.05, 0) is 130 Å². The molecule has 0 spiro atoms. The lowest BCUT2D eigenvalue weighted by Crippen LogP contribution is -2.18. The van der Waals surface area contributed by atoms with Gasteiger partial charge < -0.3 is 19.4 Å². The Bertz CT molecular complexity index is 3180. The van der Waals surface area contributed by atoms with E-state index in [0.29, 0.717) is 0 Å². The lowest BCUT2D eigenvalue weighted by Gasteiger charge is -2.34. The van der Waals surface area contributed by atoms with Crippen LogP contribution in [-0.4, -0.2) is 0 Å². The lowest BCUT2D eigenvalue weighted by molar-refractivity contribution is 0.477. The molecule has 4 nitrogen and oxygen atoms in total. The predicted octanol–water partition coefficient (Wildman–Crippen LogP) is 16.6. The van der Waals surface area contributed by atoms with E-state index in [4.69, 9.17) is 4.74 Å². The quantitative estimate of drug-likeness (QED) is 0.166. The van der Waals surface area contributed by atoms with Crippen LogP contribution in [0.5, 0.6) is 11.5 Å². The molecule has 2 heterocycles. The van der Waals surface area contributed by atoms with Crippen molar-refractivity contribution in [2.24, 2.45) is 0 Å². The highest BCUT2D eigenvalue weighted by molar-refractivity contribution is 7.99. The Kier molecular flexibility index (Phi) is 8.41. The van der Waals surface area contributed by atoms with E-state index in [1.807, 2.05) is 17.8 Å². The molecule has 0 radical (unpaired) electrons. The summed E-state index contributed by atoms with van der Waals surface area (Å²) in [6.07, 6.45) is 0. The van der Waals surface area contributed by atoms with Crippen molar-refractivity contribution >= 4 is 62.9 Å². The SMILES string of the molecule is CC1(C)c2ccccc2-c2ccc(N(c3ccc(-c4ccc5c(c4)Sc4ccccc4N5c4ccccc4)cc3)c3ccc4c(c3)Oc3ccccc3N4c3ccccc3)cc21. The van der Waals surface area contributed by atoms with Gasteiger partial charge in [0.15, 0.2) is 11.5 Å². The van der Waals surface area contributed by atoms with Crippen molar-refractivity contribution < 1.29 is 4.74 Å². The topological polar surface area (TPSA) is 19.0 Å². The molecule has 0 N–H and O–H groups in total. The molecule has 0 fully saturated rings. The molecular weight excluding hydrogens is 775 g/mol. The first-order valence-electron chi connectivity index (χ1n) is 21.2. The molecule has 0 saturated carbocycles. The van der Waals surface area contributed by atoms with E-state index in [1.165, 1.54) is 49.0 Å². The summed E-state index contributed by atoms with van der Waals surface area (Å²) in [6.45, 7) is 4.69. The molecule has 0 aromatic heterocycles. The summed E-state index contributed by atoms with van der Waals surface area (Å²) in [5, 5.41) is 0. The highest BCUT2D eigenvalue weighted by atomic mass is 32.2. The van der Waals surface area contributed by atoms with Crippen LogP contribution in [0.4, 0.5) is 51.2 Å². The molecule has 9 aromatic carbocycles. The maximum Gasteiger partial charge on any atom is 0.153 e. The highest BCUT2D eigenvalue weighted by Gasteiger charge is 2.36. The summed E-state index contributed by atoms with van der Waals surface area (Å²) in [7, 11) is 0. The number of nitrogens with zero attached hydrogens (tertiary/aromatic N) is 3. The normalized spacial score (nSPS) is 13.8. The molecule has 0 saturated heterocycles. The molecule has 296 valence electrons. The summed E-state index contributed by atoms with van der Waals surface area (Å²) in [5.74, 6) is 1.63. The first kappa shape index (κ1) is 36.4. The zero-order valence-electron chi connectivity index (χ0n) is 34.4. The summed E-state index contributed by atoms with van der Waals surface area (Å²) in [4.78, 5) is 9.52. The maximum absolute atomic E-state index is 6.75. The van der Waals surface area contributed by atoms with Gasteiger partial charge >= 0.3 is 0 Å². The fourth-order valence-corrected chi connectivity index (χ4v) is 10.7. The van der Waals surface area contributed by atoms with E-state index >= 15 is 0 Å². The van der Waals surface area contributed by atoms with Gasteiger partial charge in [-0.3, -0.25) is 0 Å². The number of para-hydroxylation sites is 5. The van der Waals surface area contributed by atoms with Crippen LogP contribution >= 0.6 is 11.8 Å². The zero-order chi connectivity index (χ0) is 41.4. The molecule has 5 heteroatoms. The molecule has 2 aliphatic heterocycles. The van der Waals surface area contributed by atoms with E-state index in [9.17, 15) is 0 Å². The van der Waals surface area contributed by atoms with Gasteiger partial charge in [-0.2, -0.15) is 0 Å². The molecule has 3 aliphatic rings. The van der Waals surface area contributed by atoms with Gasteiger partial charge in [0.05, 0.1) is 22.7 Å². The number of rotatable bonds is 6. The number of fused-ring (bicyclic) bond motifs is 7. The van der Waals surface area contributed by atoms with Crippen molar-refractivity contribution in [1.82, 2.24) is 0 Å². The van der Waals surface area contributed by atoms with Gasteiger partial charge in [-0.25, -0.2) is 0 Å². The minimum atomic E-state index is -0.141. The maximum atomic E-state index is 6.75. The Morgan fingerprint density at radius 2 is 0.952 bits per heavy atom. The number of hydrogen-bond donors (Lipinski definition) is 0. The lowest BCUT2D eigenvalue weighted by atomic mass is 9.82. The van der Waals surface area contributed by atoms with Crippen LogP contribution in [0, 0.1) is 0 Å². The second-order valence-corrected chi connectivity index (χ2v) is 17.7. The molecule has 12 rings (SSSR count). The van der Waals surface area contributed by atoms with E-state index in [0.717, 1.165) is 56.9 Å². The van der Waals surface area contributed by atoms with E-state index in [-0.39, 0.29) is 5.41 Å². The van der Waals surface area contributed by atoms with Crippen molar-refractivity contribution in [3.8, 4) is 33.8 Å². The second-order valence-electron chi connectivity index (χ2n) is 16.6. The Morgan fingerprint density at radius 1 is 0.403 bits per heavy atom. The molecule has 9 aromatic rings. The third kappa shape index (κ3) is 5.84. The molecule has 0 atom stereocenters. The van der Waals surface area contributed by atoms with Gasteiger partial charge in [0.2, 0.25) is 0 Å². The van der Waals surface area contributed by atoms with Crippen LogP contribution in [0.1, 0.15) is 25.0 Å². The van der Waals surface area contributed by atoms with Gasteiger partial charge in [0.25, 0.3) is 0 Å². The molecule has 1 aliphatic carbocycles. The van der Waals surface area contributed by atoms with Crippen molar-refractivity contribution in [1.29, 1.82) is 0 Å². The fraction of sp³-hybridized carbons (Fsp3) is 0.0526. The van der Waals surface area contributed by atoms with Crippen LogP contribution in [-0.2, 0) is 5.41 Å². The first-order chi connectivity index (χ1) is 30.5. The van der Waals surface area contributed by atoms with E-state index < -0.39 is 0 Å². The van der Waals surface area contributed by atoms with Crippen LogP contribution in [0.15, 0.2) is 222 Å². The summed E-state index contributed by atoms with van der Waals surface area (Å²) in [6, 6.07) is 76.5. The predicted molar refractivity (Wildman–Crippen MR) is 258 cm³/mol. The summed E-state index contributed by atoms with van der Waals surface area (Å²) < 4.78 is 6.75. The Hall–Kier alpha value is -7.47. The van der Waals surface area contributed by atoms with Crippen molar-refractivity contribution in [2.45, 2.75) is 29.1 Å². The third-order valence-corrected chi connectivity index (χ3v) is 13.7. The average Bonchev–Trinajstić information content (AvgIpc) is 3.55. The molecular formula is C57H41N3OS. The number of ether oxygens (including phenoxy) is 1. The van der Waals surface area contributed by atoms with Gasteiger partial charge in [-0.1, -0.05) is 135 Å². The Balaban J connectivity index is 0.961. The fourth-order valence-electron chi connectivity index (χ4n) is 9.61. The van der Waals surface area contributed by atoms with Gasteiger partial charge in [0, 0.05) is 49.7 Å². The zero-order valence-corrected chi connectivity index (χ0v) is 35.2. The number of anilines is 9. The first-order valence-corrected chi connectivity index (χ1v) is 22.0. The average molecular weight is 816 g/mol. The number of benzene rings is 9. The number of hydrogen-bond acceptors (Lipinski definition) is 5. The van der Waals surface area contributed by atoms with Gasteiger partial charge in [-0.15, -0.1) is 0 Å². The minimum absolute atomic E-state index is 0.141. The van der Waals surface area contributed by atoms with Crippen LogP contribution in [0.2, 0.25) is 0 Å². The van der Waals surface area contributed by atoms with Crippen LogP contribution < -0.4 is 19.4 Å². The third-order valence-electron chi connectivity index (χ3n) is 12.6.